The van der Waals surface area contributed by atoms with Crippen molar-refractivity contribution in [1.82, 2.24) is 14.9 Å². The Bertz CT molecular complexity index is 1360. The molecule has 3 heterocycles. The molecule has 1 saturated carbocycles. The molecule has 0 bridgehead atoms. The number of hydrogen-bond donors (Lipinski definition) is 1. The van der Waals surface area contributed by atoms with Gasteiger partial charge in [0.1, 0.15) is 9.22 Å². The molecule has 0 atom stereocenters. The number of fused-ring (bicyclic) bond motifs is 1. The Morgan fingerprint density at radius 1 is 1.24 bits per heavy atom. The van der Waals surface area contributed by atoms with Gasteiger partial charge in [0, 0.05) is 43.2 Å². The Balaban J connectivity index is 1.48. The van der Waals surface area contributed by atoms with Gasteiger partial charge in [0.25, 0.3) is 10.0 Å². The summed E-state index contributed by atoms with van der Waals surface area (Å²) in [6, 6.07) is 11.4. The molecule has 0 radical (unpaired) electrons. The summed E-state index contributed by atoms with van der Waals surface area (Å²) in [6.07, 6.45) is 4.06. The highest BCUT2D eigenvalue weighted by Crippen LogP contribution is 2.39. The molecule has 5 rings (SSSR count). The van der Waals surface area contributed by atoms with Crippen molar-refractivity contribution >= 4 is 49.3 Å². The molecule has 34 heavy (non-hydrogen) atoms. The first-order valence-corrected chi connectivity index (χ1v) is 14.4. The van der Waals surface area contributed by atoms with Crippen molar-refractivity contribution in [2.24, 2.45) is 5.92 Å². The lowest BCUT2D eigenvalue weighted by molar-refractivity contribution is 0.159. The molecular weight excluding hydrogens is 488 g/mol. The molecule has 7 nitrogen and oxygen atoms in total. The first kappa shape index (κ1) is 23.5. The molecule has 0 saturated heterocycles. The second-order valence-electron chi connectivity index (χ2n) is 8.70. The van der Waals surface area contributed by atoms with Crippen LogP contribution in [0.25, 0.3) is 21.6 Å². The number of methoxy groups -OCH3 is 1. The van der Waals surface area contributed by atoms with E-state index < -0.39 is 10.0 Å². The summed E-state index contributed by atoms with van der Waals surface area (Å²) >= 11 is 2.91. The predicted octanol–water partition coefficient (Wildman–Crippen LogP) is 5.04. The van der Waals surface area contributed by atoms with Crippen LogP contribution >= 0.6 is 22.7 Å². The van der Waals surface area contributed by atoms with E-state index in [4.69, 9.17) is 4.74 Å². The van der Waals surface area contributed by atoms with Crippen LogP contribution in [0.15, 0.2) is 52.2 Å². The minimum atomic E-state index is -3.63. The number of anilines is 1. The van der Waals surface area contributed by atoms with Crippen molar-refractivity contribution in [3.05, 3.63) is 52.9 Å². The Labute approximate surface area is 208 Å². The third kappa shape index (κ3) is 4.92. The van der Waals surface area contributed by atoms with Crippen molar-refractivity contribution in [1.29, 1.82) is 0 Å². The minimum Gasteiger partial charge on any atom is -0.383 e. The maximum atomic E-state index is 13.6. The average Bonchev–Trinajstić information content (AvgIpc) is 3.23. The van der Waals surface area contributed by atoms with Gasteiger partial charge in [0.05, 0.1) is 23.5 Å². The second kappa shape index (κ2) is 9.79. The zero-order chi connectivity index (χ0) is 23.7. The second-order valence-corrected chi connectivity index (χ2v) is 12.9. The van der Waals surface area contributed by atoms with Gasteiger partial charge in [-0.05, 0) is 49.4 Å². The number of likely N-dealkylation sites (N-methyl/N-ethyl adjacent to an activating group) is 1. The first-order chi connectivity index (χ1) is 16.5. The van der Waals surface area contributed by atoms with Gasteiger partial charge in [-0.15, -0.1) is 22.7 Å². The predicted molar refractivity (Wildman–Crippen MR) is 139 cm³/mol. The number of H-pyrrole nitrogens is 1. The molecule has 0 unspecified atom stereocenters. The average molecular weight is 517 g/mol. The zero-order valence-corrected chi connectivity index (χ0v) is 21.7. The number of aromatic amines is 1. The molecule has 0 aliphatic heterocycles. The van der Waals surface area contributed by atoms with E-state index in [9.17, 15) is 8.42 Å². The van der Waals surface area contributed by atoms with Gasteiger partial charge in [0.15, 0.2) is 0 Å². The molecule has 4 aromatic rings. The minimum absolute atomic E-state index is 0.374. The molecule has 180 valence electrons. The highest BCUT2D eigenvalue weighted by molar-refractivity contribution is 7.94. The summed E-state index contributed by atoms with van der Waals surface area (Å²) in [5.74, 6) is 0.413. The zero-order valence-electron chi connectivity index (χ0n) is 19.2. The van der Waals surface area contributed by atoms with E-state index >= 15 is 0 Å². The van der Waals surface area contributed by atoms with Gasteiger partial charge in [-0.25, -0.2) is 13.4 Å². The number of benzene rings is 1. The quantitative estimate of drug-likeness (QED) is 0.302. The van der Waals surface area contributed by atoms with Gasteiger partial charge in [0.2, 0.25) is 0 Å². The molecule has 0 amide bonds. The van der Waals surface area contributed by atoms with Crippen LogP contribution in [0.3, 0.4) is 0 Å². The summed E-state index contributed by atoms with van der Waals surface area (Å²) in [7, 11) is 0.147. The van der Waals surface area contributed by atoms with E-state index in [1.165, 1.54) is 16.2 Å². The van der Waals surface area contributed by atoms with E-state index in [1.54, 1.807) is 34.9 Å². The van der Waals surface area contributed by atoms with Gasteiger partial charge >= 0.3 is 0 Å². The summed E-state index contributed by atoms with van der Waals surface area (Å²) < 4.78 is 34.2. The number of sulfonamides is 1. The Hall–Kier alpha value is -2.24. The lowest BCUT2D eigenvalue weighted by Crippen LogP contribution is -2.32. The van der Waals surface area contributed by atoms with Gasteiger partial charge in [-0.2, -0.15) is 0 Å². The fraction of sp³-hybridized carbons (Fsp3) is 0.375. The number of ether oxygens (including phenoxy) is 1. The number of hydrogen-bond acceptors (Lipinski definition) is 7. The van der Waals surface area contributed by atoms with Crippen LogP contribution in [0.4, 0.5) is 5.69 Å². The van der Waals surface area contributed by atoms with E-state index in [0.29, 0.717) is 29.0 Å². The molecule has 1 fully saturated rings. The van der Waals surface area contributed by atoms with Crippen LogP contribution < -0.4 is 4.31 Å². The molecule has 1 N–H and O–H groups in total. The lowest BCUT2D eigenvalue weighted by atomic mass is 10.2. The topological polar surface area (TPSA) is 78.5 Å². The number of para-hydroxylation sites is 1. The van der Waals surface area contributed by atoms with Gasteiger partial charge in [-0.3, -0.25) is 9.21 Å². The maximum absolute atomic E-state index is 13.6. The van der Waals surface area contributed by atoms with Crippen LogP contribution in [0.2, 0.25) is 0 Å². The van der Waals surface area contributed by atoms with Crippen LogP contribution in [0.1, 0.15) is 17.7 Å². The fourth-order valence-electron chi connectivity index (χ4n) is 3.94. The van der Waals surface area contributed by atoms with Crippen molar-refractivity contribution in [3.8, 4) is 10.7 Å². The Morgan fingerprint density at radius 3 is 2.82 bits per heavy atom. The first-order valence-electron chi connectivity index (χ1n) is 11.3. The van der Waals surface area contributed by atoms with Crippen molar-refractivity contribution in [3.63, 3.8) is 0 Å². The Morgan fingerprint density at radius 2 is 2.09 bits per heavy atom. The van der Waals surface area contributed by atoms with Crippen LogP contribution in [-0.2, 0) is 21.3 Å². The number of rotatable bonds is 11. The van der Waals surface area contributed by atoms with E-state index in [2.05, 4.69) is 28.0 Å². The van der Waals surface area contributed by atoms with E-state index in [1.807, 2.05) is 29.8 Å². The molecule has 10 heteroatoms. The lowest BCUT2D eigenvalue weighted by Gasteiger charge is -2.24. The summed E-state index contributed by atoms with van der Waals surface area (Å²) in [5.41, 5.74) is 2.42. The SMILES string of the molecule is COCCN(C)Cc1cnc(-c2cc3cccc(N(CC4CC4)S(=O)(=O)c4cccs4)c3[nH]2)s1. The highest BCUT2D eigenvalue weighted by Gasteiger charge is 2.33. The smallest absolute Gasteiger partial charge is 0.273 e. The van der Waals surface area contributed by atoms with Crippen molar-refractivity contribution < 1.29 is 13.2 Å². The Kier molecular flexibility index (Phi) is 6.76. The summed E-state index contributed by atoms with van der Waals surface area (Å²) in [6.45, 7) is 2.86. The fourth-order valence-corrected chi connectivity index (χ4v) is 7.56. The normalized spacial score (nSPS) is 14.3. The number of nitrogens with zero attached hydrogens (tertiary/aromatic N) is 3. The summed E-state index contributed by atoms with van der Waals surface area (Å²) in [4.78, 5) is 11.5. The van der Waals surface area contributed by atoms with Gasteiger partial charge < -0.3 is 9.72 Å². The molecule has 1 aliphatic rings. The monoisotopic (exact) mass is 516 g/mol. The van der Waals surface area contributed by atoms with Crippen LogP contribution in [0.5, 0.6) is 0 Å². The molecular formula is C24H28N4O3S3. The third-order valence-corrected chi connectivity index (χ3v) is 10.1. The number of aromatic nitrogens is 2. The van der Waals surface area contributed by atoms with Gasteiger partial charge in [-0.1, -0.05) is 18.2 Å². The van der Waals surface area contributed by atoms with Crippen LogP contribution in [0, 0.1) is 5.92 Å². The highest BCUT2D eigenvalue weighted by atomic mass is 32.2. The molecule has 1 aromatic carbocycles. The van der Waals surface area contributed by atoms with Crippen LogP contribution in [-0.4, -0.2) is 57.1 Å². The largest absolute Gasteiger partial charge is 0.383 e. The van der Waals surface area contributed by atoms with Crippen molar-refractivity contribution in [2.75, 3.05) is 38.2 Å². The third-order valence-electron chi connectivity index (χ3n) is 5.95. The number of thiophene rings is 1. The molecule has 1 aliphatic carbocycles. The van der Waals surface area contributed by atoms with E-state index in [-0.39, 0.29) is 0 Å². The van der Waals surface area contributed by atoms with Crippen molar-refractivity contribution in [2.45, 2.75) is 23.6 Å². The molecule has 3 aromatic heterocycles. The van der Waals surface area contributed by atoms with E-state index in [0.717, 1.165) is 47.5 Å². The summed E-state index contributed by atoms with van der Waals surface area (Å²) in [5, 5.41) is 3.68. The number of thiazole rings is 1. The number of nitrogens with one attached hydrogen (secondary N) is 1. The maximum Gasteiger partial charge on any atom is 0.273 e. The standard InChI is InChI=1S/C24H28N4O3S3/c1-27(10-11-31-2)16-19-14-25-24(33-19)20-13-18-5-3-6-21(23(18)26-20)28(15-17-8-9-17)34(29,30)22-7-4-12-32-22/h3-7,12-14,17,26H,8-11,15-16H2,1-2H3. The molecule has 0 spiro atoms.